The number of aliphatic hydroxyl groups excluding tert-OH is 1. The number of halogens is 1. The van der Waals surface area contributed by atoms with Crippen LogP contribution in [0.5, 0.6) is 0 Å². The summed E-state index contributed by atoms with van der Waals surface area (Å²) in [7, 11) is 0. The van der Waals surface area contributed by atoms with Crippen LogP contribution < -0.4 is 5.32 Å². The number of rotatable bonds is 7. The summed E-state index contributed by atoms with van der Waals surface area (Å²) in [5, 5.41) is 13.2. The second-order valence-corrected chi connectivity index (χ2v) is 8.41. The Balaban J connectivity index is 1.40. The second-order valence-electron chi connectivity index (χ2n) is 7.38. The lowest BCUT2D eigenvalue weighted by molar-refractivity contribution is 0.121. The zero-order valence-electron chi connectivity index (χ0n) is 16.6. The highest BCUT2D eigenvalue weighted by Crippen LogP contribution is 2.30. The van der Waals surface area contributed by atoms with E-state index in [4.69, 9.17) is 4.74 Å². The van der Waals surface area contributed by atoms with E-state index >= 15 is 0 Å². The number of nitrogens with one attached hydrogen (secondary N) is 1. The molecule has 1 saturated heterocycles. The van der Waals surface area contributed by atoms with Crippen LogP contribution in [0.15, 0.2) is 48.8 Å². The van der Waals surface area contributed by atoms with Gasteiger partial charge in [0.25, 0.3) is 0 Å². The summed E-state index contributed by atoms with van der Waals surface area (Å²) in [6.45, 7) is 4.06. The number of anilines is 2. The number of aliphatic hydroxyl groups is 1. The van der Waals surface area contributed by atoms with Crippen LogP contribution in [0.3, 0.4) is 0 Å². The zero-order chi connectivity index (χ0) is 20.8. The van der Waals surface area contributed by atoms with Crippen molar-refractivity contribution >= 4 is 22.3 Å². The summed E-state index contributed by atoms with van der Waals surface area (Å²) >= 11 is 1.50. The normalized spacial score (nSPS) is 17.6. The maximum atomic E-state index is 13.1. The molecule has 0 aliphatic carbocycles. The number of aromatic nitrogens is 2. The van der Waals surface area contributed by atoms with Gasteiger partial charge in [-0.15, -0.1) is 0 Å². The second kappa shape index (κ2) is 10.1. The highest BCUT2D eigenvalue weighted by atomic mass is 32.1. The molecule has 0 bridgehead atoms. The minimum Gasteiger partial charge on any atom is -0.395 e. The Hall–Kier alpha value is -2.39. The summed E-state index contributed by atoms with van der Waals surface area (Å²) in [5.74, 6) is 0.870. The number of nitrogens with zero attached hydrogens (tertiary/aromatic N) is 3. The van der Waals surface area contributed by atoms with Crippen molar-refractivity contribution in [3.05, 3.63) is 60.2 Å². The number of pyridine rings is 1. The Morgan fingerprint density at radius 2 is 2.10 bits per heavy atom. The van der Waals surface area contributed by atoms with Crippen LogP contribution in [0.4, 0.5) is 15.3 Å². The fourth-order valence-electron chi connectivity index (χ4n) is 3.61. The van der Waals surface area contributed by atoms with Crippen molar-refractivity contribution in [2.45, 2.75) is 6.42 Å². The van der Waals surface area contributed by atoms with Crippen LogP contribution in [-0.4, -0.2) is 59.4 Å². The quantitative estimate of drug-likeness (QED) is 0.600. The molecule has 30 heavy (non-hydrogen) atoms. The first-order valence-corrected chi connectivity index (χ1v) is 10.9. The van der Waals surface area contributed by atoms with Gasteiger partial charge in [-0.2, -0.15) is 0 Å². The molecule has 2 aromatic heterocycles. The first-order chi connectivity index (χ1) is 14.7. The molecule has 0 spiro atoms. The van der Waals surface area contributed by atoms with Crippen molar-refractivity contribution in [1.82, 2.24) is 14.9 Å². The SMILES string of the molecule is OCCN1CCOCC(Cc2ccnc(Nc3ncc(-c4ccc(F)cc4)s3)c2)C1. The van der Waals surface area contributed by atoms with E-state index in [0.717, 1.165) is 47.5 Å². The summed E-state index contributed by atoms with van der Waals surface area (Å²) in [4.78, 5) is 12.1. The van der Waals surface area contributed by atoms with E-state index in [0.29, 0.717) is 19.1 Å². The Labute approximate surface area is 179 Å². The molecule has 8 heteroatoms. The highest BCUT2D eigenvalue weighted by molar-refractivity contribution is 7.18. The summed E-state index contributed by atoms with van der Waals surface area (Å²) in [6.07, 6.45) is 4.47. The van der Waals surface area contributed by atoms with E-state index in [1.54, 1.807) is 24.5 Å². The van der Waals surface area contributed by atoms with Gasteiger partial charge < -0.3 is 15.2 Å². The molecule has 0 saturated carbocycles. The number of β-amino-alcohol motifs (C(OH)–C–C–N with tert-alkyl or cyclic N) is 1. The highest BCUT2D eigenvalue weighted by Gasteiger charge is 2.19. The monoisotopic (exact) mass is 428 g/mol. The predicted octanol–water partition coefficient (Wildman–Crippen LogP) is 3.57. The summed E-state index contributed by atoms with van der Waals surface area (Å²) in [5.41, 5.74) is 2.12. The Morgan fingerprint density at radius 3 is 2.93 bits per heavy atom. The van der Waals surface area contributed by atoms with Gasteiger partial charge in [0.05, 0.1) is 24.7 Å². The molecule has 6 nitrogen and oxygen atoms in total. The summed E-state index contributed by atoms with van der Waals surface area (Å²) in [6, 6.07) is 10.5. The maximum Gasteiger partial charge on any atom is 0.188 e. The average molecular weight is 429 g/mol. The van der Waals surface area contributed by atoms with Gasteiger partial charge in [0, 0.05) is 32.0 Å². The van der Waals surface area contributed by atoms with E-state index < -0.39 is 0 Å². The fourth-order valence-corrected chi connectivity index (χ4v) is 4.44. The third-order valence-electron chi connectivity index (χ3n) is 5.06. The molecule has 4 rings (SSSR count). The van der Waals surface area contributed by atoms with Crippen LogP contribution in [-0.2, 0) is 11.2 Å². The first kappa shape index (κ1) is 20.9. The van der Waals surface area contributed by atoms with Gasteiger partial charge >= 0.3 is 0 Å². The van der Waals surface area contributed by atoms with Gasteiger partial charge in [0.2, 0.25) is 0 Å². The first-order valence-electron chi connectivity index (χ1n) is 10.0. The van der Waals surface area contributed by atoms with Crippen LogP contribution in [0.25, 0.3) is 10.4 Å². The number of ether oxygens (including phenoxy) is 1. The third kappa shape index (κ3) is 5.60. The van der Waals surface area contributed by atoms with Crippen LogP contribution in [0, 0.1) is 11.7 Å². The Bertz CT molecular complexity index is 950. The van der Waals surface area contributed by atoms with Crippen LogP contribution >= 0.6 is 11.3 Å². The van der Waals surface area contributed by atoms with Crippen molar-refractivity contribution in [2.24, 2.45) is 5.92 Å². The van der Waals surface area contributed by atoms with Crippen LogP contribution in [0.1, 0.15) is 5.56 Å². The van der Waals surface area contributed by atoms with Gasteiger partial charge in [-0.1, -0.05) is 23.5 Å². The van der Waals surface area contributed by atoms with Gasteiger partial charge in [0.15, 0.2) is 5.13 Å². The minimum atomic E-state index is -0.249. The van der Waals surface area contributed by atoms with E-state index in [2.05, 4.69) is 20.2 Å². The molecule has 1 aromatic carbocycles. The molecule has 3 aromatic rings. The predicted molar refractivity (Wildman–Crippen MR) is 117 cm³/mol. The molecular weight excluding hydrogens is 403 g/mol. The molecule has 1 aliphatic heterocycles. The number of thiazole rings is 1. The molecule has 158 valence electrons. The van der Waals surface area contributed by atoms with E-state index in [9.17, 15) is 9.50 Å². The molecule has 0 radical (unpaired) electrons. The molecule has 0 amide bonds. The topological polar surface area (TPSA) is 70.5 Å². The molecular formula is C22H25FN4O2S. The van der Waals surface area contributed by atoms with Crippen molar-refractivity contribution in [3.8, 4) is 10.4 Å². The van der Waals surface area contributed by atoms with E-state index in [-0.39, 0.29) is 12.4 Å². The Kier molecular flexibility index (Phi) is 7.01. The molecule has 1 unspecified atom stereocenters. The van der Waals surface area contributed by atoms with Crippen LogP contribution in [0.2, 0.25) is 0 Å². The summed E-state index contributed by atoms with van der Waals surface area (Å²) < 4.78 is 18.9. The zero-order valence-corrected chi connectivity index (χ0v) is 17.4. The van der Waals surface area contributed by atoms with E-state index in [1.807, 2.05) is 12.1 Å². The maximum absolute atomic E-state index is 13.1. The number of hydrogen-bond acceptors (Lipinski definition) is 7. The van der Waals surface area contributed by atoms with Gasteiger partial charge in [-0.05, 0) is 47.7 Å². The third-order valence-corrected chi connectivity index (χ3v) is 6.02. The standard InChI is InChI=1S/C22H25FN4O2S/c23-19-3-1-18(2-4-19)20-13-25-22(30-20)26-21-12-16(5-6-24-21)11-17-14-27(7-9-28)8-10-29-15-17/h1-6,12-13,17,28H,7-11,14-15H2,(H,24,25,26). The van der Waals surface area contributed by atoms with Crippen molar-refractivity contribution in [1.29, 1.82) is 0 Å². The lowest BCUT2D eigenvalue weighted by Crippen LogP contribution is -2.33. The van der Waals surface area contributed by atoms with Crippen molar-refractivity contribution < 1.29 is 14.2 Å². The fraction of sp³-hybridized carbons (Fsp3) is 0.364. The smallest absolute Gasteiger partial charge is 0.188 e. The van der Waals surface area contributed by atoms with Gasteiger partial charge in [-0.25, -0.2) is 14.4 Å². The lowest BCUT2D eigenvalue weighted by Gasteiger charge is -2.22. The van der Waals surface area contributed by atoms with Gasteiger partial charge in [0.1, 0.15) is 11.6 Å². The largest absolute Gasteiger partial charge is 0.395 e. The lowest BCUT2D eigenvalue weighted by atomic mass is 10.0. The number of benzene rings is 1. The molecule has 3 heterocycles. The number of hydrogen-bond donors (Lipinski definition) is 2. The minimum absolute atomic E-state index is 0.170. The molecule has 2 N–H and O–H groups in total. The van der Waals surface area contributed by atoms with Crippen molar-refractivity contribution in [3.63, 3.8) is 0 Å². The molecule has 1 fully saturated rings. The molecule has 1 atom stereocenters. The Morgan fingerprint density at radius 1 is 1.23 bits per heavy atom. The molecule has 1 aliphatic rings. The van der Waals surface area contributed by atoms with E-state index in [1.165, 1.54) is 29.0 Å². The van der Waals surface area contributed by atoms with Crippen molar-refractivity contribution in [2.75, 3.05) is 44.8 Å². The average Bonchev–Trinajstić information content (AvgIpc) is 3.09. The van der Waals surface area contributed by atoms with Gasteiger partial charge in [-0.3, -0.25) is 4.90 Å².